The first-order valence-electron chi connectivity index (χ1n) is 5.01. The summed E-state index contributed by atoms with van der Waals surface area (Å²) in [6, 6.07) is 1.58. The summed E-state index contributed by atoms with van der Waals surface area (Å²) in [5.74, 6) is -1.01. The van der Waals surface area contributed by atoms with Gasteiger partial charge in [0.15, 0.2) is 0 Å². The number of hydrogen-bond donors (Lipinski definition) is 1. The Kier molecular flexibility index (Phi) is 2.80. The zero-order valence-electron chi connectivity index (χ0n) is 8.23. The van der Waals surface area contributed by atoms with Crippen LogP contribution in [-0.4, -0.2) is 17.4 Å². The lowest BCUT2D eigenvalue weighted by Crippen LogP contribution is -2.28. The SMILES string of the molecule is O=C1NCCCCC1c1ccoc(=O)n1. The number of rotatable bonds is 1. The molecule has 1 aliphatic rings. The Labute approximate surface area is 86.5 Å². The molecule has 1 aromatic rings. The first-order chi connectivity index (χ1) is 7.27. The number of aromatic nitrogens is 1. The Balaban J connectivity index is 2.28. The molecule has 1 aliphatic heterocycles. The first kappa shape index (κ1) is 9.89. The van der Waals surface area contributed by atoms with Crippen LogP contribution in [0.3, 0.4) is 0 Å². The molecule has 0 aliphatic carbocycles. The van der Waals surface area contributed by atoms with Crippen LogP contribution in [-0.2, 0) is 4.79 Å². The van der Waals surface area contributed by atoms with E-state index in [1.807, 2.05) is 0 Å². The van der Waals surface area contributed by atoms with Crippen LogP contribution in [0.2, 0.25) is 0 Å². The van der Waals surface area contributed by atoms with Crippen LogP contribution in [0.1, 0.15) is 30.9 Å². The standard InChI is InChI=1S/C10H12N2O3/c13-9-7(3-1-2-5-11-9)8-4-6-15-10(14)12-8/h4,6-7H,1-3,5H2,(H,11,13). The highest BCUT2D eigenvalue weighted by molar-refractivity contribution is 5.83. The molecule has 1 atom stereocenters. The molecule has 1 amide bonds. The molecule has 80 valence electrons. The highest BCUT2D eigenvalue weighted by Gasteiger charge is 2.23. The van der Waals surface area contributed by atoms with E-state index in [0.29, 0.717) is 12.2 Å². The van der Waals surface area contributed by atoms with E-state index in [1.165, 1.54) is 6.26 Å². The van der Waals surface area contributed by atoms with Crippen LogP contribution < -0.4 is 11.1 Å². The van der Waals surface area contributed by atoms with Crippen molar-refractivity contribution in [2.45, 2.75) is 25.2 Å². The predicted molar refractivity (Wildman–Crippen MR) is 52.4 cm³/mol. The lowest BCUT2D eigenvalue weighted by Gasteiger charge is -2.10. The minimum atomic E-state index is -0.649. The molecule has 2 rings (SSSR count). The lowest BCUT2D eigenvalue weighted by atomic mass is 9.99. The van der Waals surface area contributed by atoms with Crippen molar-refractivity contribution in [3.05, 3.63) is 28.6 Å². The van der Waals surface area contributed by atoms with Gasteiger partial charge in [-0.25, -0.2) is 4.79 Å². The molecule has 1 aromatic heterocycles. The Morgan fingerprint density at radius 2 is 2.27 bits per heavy atom. The van der Waals surface area contributed by atoms with E-state index in [2.05, 4.69) is 14.7 Å². The molecule has 5 nitrogen and oxygen atoms in total. The second-order valence-corrected chi connectivity index (χ2v) is 3.56. The van der Waals surface area contributed by atoms with Crippen molar-refractivity contribution in [3.8, 4) is 0 Å². The smallest absolute Gasteiger partial charge is 0.417 e. The molecular formula is C10H12N2O3. The molecule has 0 radical (unpaired) electrons. The third kappa shape index (κ3) is 2.23. The molecule has 0 bridgehead atoms. The zero-order chi connectivity index (χ0) is 10.7. The van der Waals surface area contributed by atoms with Crippen LogP contribution in [0.25, 0.3) is 0 Å². The van der Waals surface area contributed by atoms with Gasteiger partial charge >= 0.3 is 5.76 Å². The van der Waals surface area contributed by atoms with Gasteiger partial charge < -0.3 is 9.73 Å². The van der Waals surface area contributed by atoms with Gasteiger partial charge in [0.2, 0.25) is 5.91 Å². The Hall–Kier alpha value is -1.65. The second-order valence-electron chi connectivity index (χ2n) is 3.56. The summed E-state index contributed by atoms with van der Waals surface area (Å²) in [7, 11) is 0. The van der Waals surface area contributed by atoms with Crippen LogP contribution in [0.4, 0.5) is 0 Å². The average molecular weight is 208 g/mol. The minimum Gasteiger partial charge on any atom is -0.417 e. The highest BCUT2D eigenvalue weighted by atomic mass is 16.4. The van der Waals surface area contributed by atoms with Crippen LogP contribution >= 0.6 is 0 Å². The van der Waals surface area contributed by atoms with Crippen molar-refractivity contribution in [1.29, 1.82) is 0 Å². The van der Waals surface area contributed by atoms with E-state index >= 15 is 0 Å². The summed E-state index contributed by atoms with van der Waals surface area (Å²) >= 11 is 0. The van der Waals surface area contributed by atoms with E-state index in [1.54, 1.807) is 6.07 Å². The van der Waals surface area contributed by atoms with Crippen LogP contribution in [0.15, 0.2) is 21.5 Å². The number of carbonyl (C=O) groups is 1. The molecule has 1 fully saturated rings. The first-order valence-corrected chi connectivity index (χ1v) is 5.01. The van der Waals surface area contributed by atoms with E-state index in [-0.39, 0.29) is 11.8 Å². The molecule has 1 unspecified atom stereocenters. The predicted octanol–water partition coefficient (Wildman–Crippen LogP) is 0.418. The molecule has 0 spiro atoms. The number of nitrogens with zero attached hydrogens (tertiary/aromatic N) is 1. The summed E-state index contributed by atoms with van der Waals surface area (Å²) in [4.78, 5) is 26.3. The molecule has 1 N–H and O–H groups in total. The van der Waals surface area contributed by atoms with E-state index in [4.69, 9.17) is 0 Å². The Morgan fingerprint density at radius 1 is 1.40 bits per heavy atom. The van der Waals surface area contributed by atoms with Gasteiger partial charge in [0.25, 0.3) is 0 Å². The van der Waals surface area contributed by atoms with Crippen molar-refractivity contribution in [3.63, 3.8) is 0 Å². The fraction of sp³-hybridized carbons (Fsp3) is 0.500. The Bertz CT molecular complexity index is 413. The minimum absolute atomic E-state index is 0.0504. The van der Waals surface area contributed by atoms with Crippen molar-refractivity contribution >= 4 is 5.91 Å². The van der Waals surface area contributed by atoms with Crippen LogP contribution in [0, 0.1) is 0 Å². The maximum atomic E-state index is 11.6. The van der Waals surface area contributed by atoms with Crippen molar-refractivity contribution < 1.29 is 9.21 Å². The Morgan fingerprint density at radius 3 is 3.07 bits per heavy atom. The maximum Gasteiger partial charge on any atom is 0.438 e. The van der Waals surface area contributed by atoms with Gasteiger partial charge in [-0.3, -0.25) is 4.79 Å². The third-order valence-electron chi connectivity index (χ3n) is 2.52. The second kappa shape index (κ2) is 4.25. The number of amides is 1. The van der Waals surface area contributed by atoms with Crippen molar-refractivity contribution in [2.75, 3.05) is 6.54 Å². The zero-order valence-corrected chi connectivity index (χ0v) is 8.23. The molecule has 15 heavy (non-hydrogen) atoms. The molecule has 0 saturated carbocycles. The number of nitrogens with one attached hydrogen (secondary N) is 1. The highest BCUT2D eigenvalue weighted by Crippen LogP contribution is 2.21. The summed E-state index contributed by atoms with van der Waals surface area (Å²) in [6.45, 7) is 0.705. The quantitative estimate of drug-likeness (QED) is 0.725. The van der Waals surface area contributed by atoms with E-state index in [9.17, 15) is 9.59 Å². The maximum absolute atomic E-state index is 11.6. The van der Waals surface area contributed by atoms with Crippen molar-refractivity contribution in [2.24, 2.45) is 0 Å². The van der Waals surface area contributed by atoms with Gasteiger partial charge in [0.1, 0.15) is 0 Å². The normalized spacial score (nSPS) is 21.9. The van der Waals surface area contributed by atoms with Gasteiger partial charge in [-0.15, -0.1) is 0 Å². The molecule has 2 heterocycles. The summed E-state index contributed by atoms with van der Waals surface area (Å²) in [5.41, 5.74) is 0.505. The van der Waals surface area contributed by atoms with Gasteiger partial charge in [-0.1, -0.05) is 6.42 Å². The molecule has 1 saturated heterocycles. The average Bonchev–Trinajstić information content (AvgIpc) is 2.43. The fourth-order valence-electron chi connectivity index (χ4n) is 1.75. The molecule has 0 aromatic carbocycles. The molecular weight excluding hydrogens is 196 g/mol. The fourth-order valence-corrected chi connectivity index (χ4v) is 1.75. The van der Waals surface area contributed by atoms with Crippen LogP contribution in [0.5, 0.6) is 0 Å². The third-order valence-corrected chi connectivity index (χ3v) is 2.52. The molecule has 5 heteroatoms. The lowest BCUT2D eigenvalue weighted by molar-refractivity contribution is -0.122. The number of carbonyl (C=O) groups excluding carboxylic acids is 1. The van der Waals surface area contributed by atoms with Gasteiger partial charge in [-0.05, 0) is 18.9 Å². The summed E-state index contributed by atoms with van der Waals surface area (Å²) in [5, 5.41) is 2.80. The summed E-state index contributed by atoms with van der Waals surface area (Å²) in [6.07, 6.45) is 3.96. The van der Waals surface area contributed by atoms with E-state index in [0.717, 1.165) is 19.3 Å². The van der Waals surface area contributed by atoms with Gasteiger partial charge in [0, 0.05) is 6.54 Å². The van der Waals surface area contributed by atoms with Crippen molar-refractivity contribution in [1.82, 2.24) is 10.3 Å². The summed E-state index contributed by atoms with van der Waals surface area (Å²) < 4.78 is 4.53. The van der Waals surface area contributed by atoms with Gasteiger partial charge in [0.05, 0.1) is 17.9 Å². The van der Waals surface area contributed by atoms with E-state index < -0.39 is 5.76 Å². The monoisotopic (exact) mass is 208 g/mol. The topological polar surface area (TPSA) is 72.2 Å². The number of hydrogen-bond acceptors (Lipinski definition) is 4. The van der Waals surface area contributed by atoms with Gasteiger partial charge in [-0.2, -0.15) is 4.98 Å². The largest absolute Gasteiger partial charge is 0.438 e.